The van der Waals surface area contributed by atoms with E-state index in [1.807, 2.05) is 0 Å². The predicted octanol–water partition coefficient (Wildman–Crippen LogP) is 4.22. The van der Waals surface area contributed by atoms with Crippen LogP contribution in [0.5, 0.6) is 0 Å². The second kappa shape index (κ2) is 8.52. The summed E-state index contributed by atoms with van der Waals surface area (Å²) in [6.45, 7) is -0.519. The molecule has 0 unspecified atom stereocenters. The fourth-order valence-corrected chi connectivity index (χ4v) is 3.96. The molecule has 152 valence electrons. The van der Waals surface area contributed by atoms with Gasteiger partial charge in [-0.3, -0.25) is 9.69 Å². The summed E-state index contributed by atoms with van der Waals surface area (Å²) < 4.78 is 63.5. The Morgan fingerprint density at radius 3 is 2.57 bits per heavy atom. The van der Waals surface area contributed by atoms with Gasteiger partial charge in [0.15, 0.2) is 16.8 Å². The van der Waals surface area contributed by atoms with Gasteiger partial charge in [-0.2, -0.15) is 13.2 Å². The Kier molecular flexibility index (Phi) is 6.29. The van der Waals surface area contributed by atoms with Crippen LogP contribution in [0.1, 0.15) is 23.3 Å². The van der Waals surface area contributed by atoms with Gasteiger partial charge in [-0.05, 0) is 43.6 Å². The third-order valence-corrected chi connectivity index (χ3v) is 5.42. The van der Waals surface area contributed by atoms with E-state index in [9.17, 15) is 26.7 Å². The van der Waals surface area contributed by atoms with E-state index in [4.69, 9.17) is 0 Å². The third kappa shape index (κ3) is 5.71. The molecular weight excluding hydrogens is 401 g/mol. The monoisotopic (exact) mass is 419 g/mol. The second-order valence-corrected chi connectivity index (χ2v) is 7.83. The van der Waals surface area contributed by atoms with Crippen molar-refractivity contribution < 1.29 is 26.7 Å². The molecule has 0 saturated carbocycles. The number of amides is 1. The van der Waals surface area contributed by atoms with Crippen molar-refractivity contribution in [3.8, 4) is 0 Å². The Hall–Kier alpha value is -2.07. The van der Waals surface area contributed by atoms with Gasteiger partial charge in [0.2, 0.25) is 5.91 Å². The number of anilines is 1. The van der Waals surface area contributed by atoms with Crippen LogP contribution in [0.15, 0.2) is 24.4 Å². The van der Waals surface area contributed by atoms with Crippen molar-refractivity contribution in [3.63, 3.8) is 0 Å². The number of halogens is 5. The number of nitrogens with zero attached hydrogens (tertiary/aromatic N) is 2. The molecule has 1 fully saturated rings. The lowest BCUT2D eigenvalue weighted by atomic mass is 9.96. The number of likely N-dealkylation sites (tertiary alicyclic amines) is 1. The van der Waals surface area contributed by atoms with Gasteiger partial charge in [-0.1, -0.05) is 6.07 Å². The van der Waals surface area contributed by atoms with E-state index < -0.39 is 24.4 Å². The number of carbonyl (C=O) groups excluding carboxylic acids is 1. The Morgan fingerprint density at radius 1 is 1.21 bits per heavy atom. The van der Waals surface area contributed by atoms with Gasteiger partial charge in [0.25, 0.3) is 0 Å². The Morgan fingerprint density at radius 2 is 1.93 bits per heavy atom. The quantitative estimate of drug-likeness (QED) is 0.738. The van der Waals surface area contributed by atoms with Crippen molar-refractivity contribution in [2.75, 3.05) is 25.0 Å². The maximum absolute atomic E-state index is 13.3. The molecule has 2 aromatic rings. The van der Waals surface area contributed by atoms with Crippen molar-refractivity contribution in [2.45, 2.75) is 25.4 Å². The number of piperidine rings is 1. The lowest BCUT2D eigenvalue weighted by Gasteiger charge is -2.31. The van der Waals surface area contributed by atoms with E-state index in [-0.39, 0.29) is 24.9 Å². The molecule has 2 heterocycles. The van der Waals surface area contributed by atoms with E-state index in [1.165, 1.54) is 22.3 Å². The molecule has 0 bridgehead atoms. The average Bonchev–Trinajstić information content (AvgIpc) is 3.04. The number of alkyl halides is 3. The Balaban J connectivity index is 1.51. The molecule has 28 heavy (non-hydrogen) atoms. The fourth-order valence-electron chi connectivity index (χ4n) is 3.11. The molecule has 0 spiro atoms. The SMILES string of the molecule is O=C(Nc1ncc(Cc2ccc(F)c(F)c2)s1)C1CCN(CC(F)(F)F)CC1. The first-order chi connectivity index (χ1) is 13.2. The maximum Gasteiger partial charge on any atom is 0.401 e. The van der Waals surface area contributed by atoms with Gasteiger partial charge in [-0.25, -0.2) is 13.8 Å². The summed E-state index contributed by atoms with van der Waals surface area (Å²) in [6, 6.07) is 3.65. The first kappa shape index (κ1) is 20.7. The smallest absolute Gasteiger partial charge is 0.302 e. The van der Waals surface area contributed by atoms with Crippen LogP contribution in [0.4, 0.5) is 27.1 Å². The van der Waals surface area contributed by atoms with E-state index in [2.05, 4.69) is 10.3 Å². The summed E-state index contributed by atoms with van der Waals surface area (Å²) in [5, 5.41) is 3.07. The van der Waals surface area contributed by atoms with Crippen LogP contribution in [0.2, 0.25) is 0 Å². The molecule has 3 rings (SSSR count). The summed E-state index contributed by atoms with van der Waals surface area (Å²) in [5.74, 6) is -2.46. The molecule has 0 radical (unpaired) electrons. The van der Waals surface area contributed by atoms with Crippen LogP contribution in [0.3, 0.4) is 0 Å². The lowest BCUT2D eigenvalue weighted by Crippen LogP contribution is -2.42. The fraction of sp³-hybridized carbons (Fsp3) is 0.444. The second-order valence-electron chi connectivity index (χ2n) is 6.71. The number of nitrogens with one attached hydrogen (secondary N) is 1. The number of hydrogen-bond donors (Lipinski definition) is 1. The first-order valence-electron chi connectivity index (χ1n) is 8.68. The number of carbonyl (C=O) groups is 1. The van der Waals surface area contributed by atoms with Crippen LogP contribution in [0, 0.1) is 17.6 Å². The molecule has 0 atom stereocenters. The summed E-state index contributed by atoms with van der Waals surface area (Å²) in [6.07, 6.45) is -1.63. The first-order valence-corrected chi connectivity index (χ1v) is 9.50. The third-order valence-electron chi connectivity index (χ3n) is 4.51. The number of benzene rings is 1. The minimum atomic E-state index is -4.24. The van der Waals surface area contributed by atoms with Crippen LogP contribution >= 0.6 is 11.3 Å². The van der Waals surface area contributed by atoms with Crippen molar-refractivity contribution in [1.82, 2.24) is 9.88 Å². The molecule has 4 nitrogen and oxygen atoms in total. The van der Waals surface area contributed by atoms with Gasteiger partial charge in [0.05, 0.1) is 6.54 Å². The Bertz CT molecular complexity index is 831. The topological polar surface area (TPSA) is 45.2 Å². The minimum Gasteiger partial charge on any atom is -0.302 e. The average molecular weight is 419 g/mol. The molecule has 0 aliphatic carbocycles. The highest BCUT2D eigenvalue weighted by Gasteiger charge is 2.34. The molecule has 1 saturated heterocycles. The van der Waals surface area contributed by atoms with Crippen molar-refractivity contribution in [1.29, 1.82) is 0 Å². The van der Waals surface area contributed by atoms with Gasteiger partial charge in [0.1, 0.15) is 0 Å². The summed E-state index contributed by atoms with van der Waals surface area (Å²) in [7, 11) is 0. The molecule has 1 aliphatic rings. The van der Waals surface area contributed by atoms with E-state index in [0.717, 1.165) is 17.0 Å². The minimum absolute atomic E-state index is 0.219. The van der Waals surface area contributed by atoms with Crippen LogP contribution in [0.25, 0.3) is 0 Å². The molecule has 1 aliphatic heterocycles. The summed E-state index contributed by atoms with van der Waals surface area (Å²) in [5.41, 5.74) is 0.581. The zero-order valence-corrected chi connectivity index (χ0v) is 15.5. The maximum atomic E-state index is 13.3. The summed E-state index contributed by atoms with van der Waals surface area (Å²) >= 11 is 1.22. The molecule has 10 heteroatoms. The van der Waals surface area contributed by atoms with Crippen LogP contribution in [-0.4, -0.2) is 41.6 Å². The highest BCUT2D eigenvalue weighted by atomic mass is 32.1. The molecule has 1 aromatic heterocycles. The van der Waals surface area contributed by atoms with E-state index >= 15 is 0 Å². The number of thiazole rings is 1. The van der Waals surface area contributed by atoms with Gasteiger partial charge >= 0.3 is 6.18 Å². The highest BCUT2D eigenvalue weighted by molar-refractivity contribution is 7.15. The Labute approximate surface area is 162 Å². The largest absolute Gasteiger partial charge is 0.401 e. The van der Waals surface area contributed by atoms with Crippen LogP contribution < -0.4 is 5.32 Å². The number of rotatable bonds is 5. The van der Waals surface area contributed by atoms with Gasteiger partial charge < -0.3 is 5.32 Å². The van der Waals surface area contributed by atoms with Crippen molar-refractivity contribution in [3.05, 3.63) is 46.5 Å². The predicted molar refractivity (Wildman–Crippen MR) is 95.1 cm³/mol. The van der Waals surface area contributed by atoms with Gasteiger partial charge in [0, 0.05) is 23.4 Å². The van der Waals surface area contributed by atoms with E-state index in [0.29, 0.717) is 30.0 Å². The standard InChI is InChI=1S/C18H18F5N3OS/c19-14-2-1-11(8-15(14)20)7-13-9-24-17(28-13)25-16(27)12-3-5-26(6-4-12)10-18(21,22)23/h1-2,8-9,12H,3-7,10H2,(H,24,25,27). The molecule has 1 aromatic carbocycles. The molecule has 1 amide bonds. The summed E-state index contributed by atoms with van der Waals surface area (Å²) in [4.78, 5) is 18.5. The van der Waals surface area contributed by atoms with E-state index in [1.54, 1.807) is 6.20 Å². The van der Waals surface area contributed by atoms with Crippen molar-refractivity contribution in [2.24, 2.45) is 5.92 Å². The van der Waals surface area contributed by atoms with Gasteiger partial charge in [-0.15, -0.1) is 11.3 Å². The number of hydrogen-bond acceptors (Lipinski definition) is 4. The zero-order valence-electron chi connectivity index (χ0n) is 14.7. The number of aromatic nitrogens is 1. The zero-order chi connectivity index (χ0) is 20.3. The highest BCUT2D eigenvalue weighted by Crippen LogP contribution is 2.26. The van der Waals surface area contributed by atoms with Crippen LogP contribution in [-0.2, 0) is 11.2 Å². The normalized spacial score (nSPS) is 16.3. The van der Waals surface area contributed by atoms with Crippen molar-refractivity contribution >= 4 is 22.4 Å². The molecule has 1 N–H and O–H groups in total. The lowest BCUT2D eigenvalue weighted by molar-refractivity contribution is -0.149. The molecular formula is C18H18F5N3OS.